The van der Waals surface area contributed by atoms with Crippen LogP contribution in [0.5, 0.6) is 0 Å². The van der Waals surface area contributed by atoms with Gasteiger partial charge in [0.1, 0.15) is 0 Å². The van der Waals surface area contributed by atoms with Crippen molar-refractivity contribution in [1.82, 2.24) is 10.2 Å². The third-order valence-corrected chi connectivity index (χ3v) is 3.79. The van der Waals surface area contributed by atoms with E-state index in [2.05, 4.69) is 5.32 Å². The largest absolute Gasteiger partial charge is 0.353 e. The van der Waals surface area contributed by atoms with Crippen molar-refractivity contribution in [3.63, 3.8) is 0 Å². The number of alkyl halides is 1. The van der Waals surface area contributed by atoms with Crippen LogP contribution in [-0.2, 0) is 9.59 Å². The molecule has 1 fully saturated rings. The van der Waals surface area contributed by atoms with Gasteiger partial charge in [-0.25, -0.2) is 0 Å². The monoisotopic (exact) mass is 274 g/mol. The van der Waals surface area contributed by atoms with Crippen LogP contribution in [0.4, 0.5) is 0 Å². The van der Waals surface area contributed by atoms with Crippen LogP contribution in [0.15, 0.2) is 0 Å². The highest BCUT2D eigenvalue weighted by Gasteiger charge is 2.25. The predicted octanol–water partition coefficient (Wildman–Crippen LogP) is 1.62. The van der Waals surface area contributed by atoms with Crippen molar-refractivity contribution in [3.8, 4) is 0 Å². The van der Waals surface area contributed by atoms with Gasteiger partial charge in [-0.05, 0) is 12.8 Å². The molecule has 1 atom stereocenters. The average molecular weight is 275 g/mol. The Morgan fingerprint density at radius 1 is 1.28 bits per heavy atom. The minimum Gasteiger partial charge on any atom is -0.353 e. The molecular formula is C13H23ClN2O2. The third kappa shape index (κ3) is 4.16. The number of rotatable bonds is 4. The van der Waals surface area contributed by atoms with Gasteiger partial charge in [-0.1, -0.05) is 20.8 Å². The van der Waals surface area contributed by atoms with Crippen LogP contribution in [0, 0.1) is 11.8 Å². The van der Waals surface area contributed by atoms with Crippen molar-refractivity contribution in [1.29, 1.82) is 0 Å². The minimum atomic E-state index is -0.151. The van der Waals surface area contributed by atoms with Crippen molar-refractivity contribution in [2.75, 3.05) is 19.0 Å². The van der Waals surface area contributed by atoms with E-state index in [1.165, 1.54) is 0 Å². The molecule has 1 N–H and O–H groups in total. The van der Waals surface area contributed by atoms with E-state index in [9.17, 15) is 9.59 Å². The zero-order valence-corrected chi connectivity index (χ0v) is 12.2. The molecule has 5 heteroatoms. The summed E-state index contributed by atoms with van der Waals surface area (Å²) < 4.78 is 0. The molecule has 1 saturated heterocycles. The number of carbonyl (C=O) groups is 2. The summed E-state index contributed by atoms with van der Waals surface area (Å²) in [4.78, 5) is 25.4. The highest BCUT2D eigenvalue weighted by molar-refractivity contribution is 6.19. The maximum absolute atomic E-state index is 11.8. The first kappa shape index (κ1) is 15.3. The summed E-state index contributed by atoms with van der Waals surface area (Å²) in [5, 5.41) is 3.00. The molecule has 18 heavy (non-hydrogen) atoms. The molecule has 0 saturated carbocycles. The first-order valence-electron chi connectivity index (χ1n) is 6.60. The van der Waals surface area contributed by atoms with Crippen molar-refractivity contribution in [2.45, 2.75) is 39.7 Å². The number of amides is 2. The van der Waals surface area contributed by atoms with Crippen LogP contribution in [0.1, 0.15) is 33.6 Å². The zero-order chi connectivity index (χ0) is 13.7. The van der Waals surface area contributed by atoms with Crippen molar-refractivity contribution >= 4 is 23.4 Å². The lowest BCUT2D eigenvalue weighted by Crippen LogP contribution is -2.48. The van der Waals surface area contributed by atoms with Gasteiger partial charge in [0, 0.05) is 36.8 Å². The van der Waals surface area contributed by atoms with Crippen molar-refractivity contribution in [2.24, 2.45) is 11.8 Å². The topological polar surface area (TPSA) is 49.4 Å². The second-order valence-electron chi connectivity index (χ2n) is 5.32. The molecule has 0 bridgehead atoms. The zero-order valence-electron chi connectivity index (χ0n) is 11.4. The molecule has 0 aromatic rings. The Balaban J connectivity index is 2.36. The van der Waals surface area contributed by atoms with E-state index >= 15 is 0 Å². The van der Waals surface area contributed by atoms with E-state index in [1.807, 2.05) is 25.7 Å². The Labute approximate surface area is 114 Å². The summed E-state index contributed by atoms with van der Waals surface area (Å²) >= 11 is 5.65. The predicted molar refractivity (Wildman–Crippen MR) is 72.5 cm³/mol. The summed E-state index contributed by atoms with van der Waals surface area (Å²) in [6, 6.07) is 0.180. The molecule has 2 amide bonds. The molecule has 1 aliphatic heterocycles. The molecule has 0 aliphatic carbocycles. The second-order valence-corrected chi connectivity index (χ2v) is 5.63. The summed E-state index contributed by atoms with van der Waals surface area (Å²) in [5.41, 5.74) is 0. The number of carbonyl (C=O) groups excluding carboxylic acids is 2. The van der Waals surface area contributed by atoms with Gasteiger partial charge in [-0.15, -0.1) is 11.6 Å². The van der Waals surface area contributed by atoms with Crippen LogP contribution in [0.2, 0.25) is 0 Å². The van der Waals surface area contributed by atoms with Crippen molar-refractivity contribution in [3.05, 3.63) is 0 Å². The van der Waals surface area contributed by atoms with Crippen molar-refractivity contribution < 1.29 is 9.59 Å². The third-order valence-electron chi connectivity index (χ3n) is 3.33. The maximum atomic E-state index is 11.8. The van der Waals surface area contributed by atoms with Gasteiger partial charge in [-0.3, -0.25) is 9.59 Å². The summed E-state index contributed by atoms with van der Waals surface area (Å²) in [6.45, 7) is 7.12. The molecular weight excluding hydrogens is 252 g/mol. The standard InChI is InChI=1S/C13H23ClN2O2/c1-9(2)13(18)16-6-4-11(5-7-16)15-12(17)10(3)8-14/h9-11H,4-8H2,1-3H3,(H,15,17). The number of nitrogens with zero attached hydrogens (tertiary/aromatic N) is 1. The first-order chi connectivity index (χ1) is 8.45. The summed E-state index contributed by atoms with van der Waals surface area (Å²) in [5.74, 6) is 0.457. The van der Waals surface area contributed by atoms with Gasteiger partial charge < -0.3 is 10.2 Å². The number of halogens is 1. The average Bonchev–Trinajstić information content (AvgIpc) is 2.37. The fourth-order valence-corrected chi connectivity index (χ4v) is 2.16. The molecule has 1 aliphatic rings. The van der Waals surface area contributed by atoms with Gasteiger partial charge in [0.15, 0.2) is 0 Å². The molecule has 1 rings (SSSR count). The smallest absolute Gasteiger partial charge is 0.225 e. The molecule has 0 radical (unpaired) electrons. The molecule has 4 nitrogen and oxygen atoms in total. The Hall–Kier alpha value is -0.770. The van der Waals surface area contributed by atoms with E-state index in [-0.39, 0.29) is 29.7 Å². The van der Waals surface area contributed by atoms with Gasteiger partial charge in [-0.2, -0.15) is 0 Å². The van der Waals surface area contributed by atoms with E-state index < -0.39 is 0 Å². The lowest BCUT2D eigenvalue weighted by molar-refractivity contribution is -0.135. The van der Waals surface area contributed by atoms with Crippen LogP contribution >= 0.6 is 11.6 Å². The summed E-state index contributed by atoms with van der Waals surface area (Å²) in [6.07, 6.45) is 1.67. The van der Waals surface area contributed by atoms with Crippen LogP contribution in [0.25, 0.3) is 0 Å². The Morgan fingerprint density at radius 2 is 1.83 bits per heavy atom. The normalized spacial score (nSPS) is 18.8. The minimum absolute atomic E-state index is 0.0126. The SMILES string of the molecule is CC(C)C(=O)N1CCC(NC(=O)C(C)CCl)CC1. The molecule has 0 aromatic heterocycles. The van der Waals surface area contributed by atoms with E-state index in [0.29, 0.717) is 5.88 Å². The fourth-order valence-electron chi connectivity index (χ4n) is 2.02. The molecule has 104 valence electrons. The van der Waals surface area contributed by atoms with Gasteiger partial charge in [0.05, 0.1) is 0 Å². The Kier molecular flexibility index (Phi) is 5.93. The summed E-state index contributed by atoms with van der Waals surface area (Å²) in [7, 11) is 0. The number of hydrogen-bond acceptors (Lipinski definition) is 2. The number of nitrogens with one attached hydrogen (secondary N) is 1. The highest BCUT2D eigenvalue weighted by Crippen LogP contribution is 2.14. The van der Waals surface area contributed by atoms with Crippen LogP contribution in [0.3, 0.4) is 0 Å². The maximum Gasteiger partial charge on any atom is 0.225 e. The second kappa shape index (κ2) is 6.98. The number of likely N-dealkylation sites (tertiary alicyclic amines) is 1. The highest BCUT2D eigenvalue weighted by atomic mass is 35.5. The van der Waals surface area contributed by atoms with E-state index in [1.54, 1.807) is 0 Å². The van der Waals surface area contributed by atoms with Gasteiger partial charge >= 0.3 is 0 Å². The first-order valence-corrected chi connectivity index (χ1v) is 7.14. The van der Waals surface area contributed by atoms with Crippen LogP contribution in [-0.4, -0.2) is 41.7 Å². The fraction of sp³-hybridized carbons (Fsp3) is 0.846. The molecule has 1 unspecified atom stereocenters. The number of hydrogen-bond donors (Lipinski definition) is 1. The van der Waals surface area contributed by atoms with Gasteiger partial charge in [0.2, 0.25) is 11.8 Å². The lowest BCUT2D eigenvalue weighted by atomic mass is 10.0. The Bertz CT molecular complexity index is 299. The van der Waals surface area contributed by atoms with E-state index in [0.717, 1.165) is 25.9 Å². The van der Waals surface area contributed by atoms with Gasteiger partial charge in [0.25, 0.3) is 0 Å². The Morgan fingerprint density at radius 3 is 2.28 bits per heavy atom. The molecule has 0 spiro atoms. The molecule has 0 aromatic carbocycles. The quantitative estimate of drug-likeness (QED) is 0.792. The number of piperidine rings is 1. The lowest BCUT2D eigenvalue weighted by Gasteiger charge is -2.33. The van der Waals surface area contributed by atoms with Crippen LogP contribution < -0.4 is 5.32 Å². The molecule has 1 heterocycles. The van der Waals surface area contributed by atoms with E-state index in [4.69, 9.17) is 11.6 Å².